The Hall–Kier alpha value is -6.66. The van der Waals surface area contributed by atoms with Gasteiger partial charge in [0.1, 0.15) is 23.0 Å². The highest BCUT2D eigenvalue weighted by Crippen LogP contribution is 2.34. The lowest BCUT2D eigenvalue weighted by Gasteiger charge is -2.18. The van der Waals surface area contributed by atoms with Crippen LogP contribution in [-0.2, 0) is 41.6 Å². The van der Waals surface area contributed by atoms with E-state index in [2.05, 4.69) is 0 Å². The molecular formula is C67H89B8N7O20. The number of rotatable bonds is 27. The van der Waals surface area contributed by atoms with Crippen molar-refractivity contribution in [3.63, 3.8) is 0 Å². The molecule has 0 aromatic heterocycles. The van der Waals surface area contributed by atoms with Crippen LogP contribution < -0.4 is 103 Å². The van der Waals surface area contributed by atoms with Crippen molar-refractivity contribution in [1.29, 1.82) is 0 Å². The molecule has 0 aliphatic carbocycles. The molecule has 7 aromatic carbocycles. The van der Waals surface area contributed by atoms with Crippen LogP contribution >= 0.6 is 0 Å². The first-order valence-electron chi connectivity index (χ1n) is 34.5. The summed E-state index contributed by atoms with van der Waals surface area (Å²) in [5, 5.41) is 64.6. The molecule has 0 amide bonds. The smallest absolute Gasteiger partial charge is 0.494 e. The number of aliphatic hydroxyl groups is 4. The first-order chi connectivity index (χ1) is 49.9. The molecule has 102 heavy (non-hydrogen) atoms. The van der Waals surface area contributed by atoms with E-state index in [1.807, 2.05) is 133 Å². The molecule has 0 bridgehead atoms. The van der Waals surface area contributed by atoms with Crippen LogP contribution in [0.5, 0.6) is 23.0 Å². The lowest BCUT2D eigenvalue weighted by Crippen LogP contribution is -2.45. The van der Waals surface area contributed by atoms with Gasteiger partial charge in [-0.25, -0.2) is 0 Å². The summed E-state index contributed by atoms with van der Waals surface area (Å²) >= 11 is 0. The number of hydrogen-bond donors (Lipinski definition) is 14. The average Bonchev–Trinajstić information content (AvgIpc) is 1.61. The number of hydrogen-bond acceptors (Lipinski definition) is 27. The Labute approximate surface area is 596 Å². The van der Waals surface area contributed by atoms with Gasteiger partial charge in [0.2, 0.25) is 0 Å². The number of nitrogens with two attached hydrogens (primary N) is 7. The van der Waals surface area contributed by atoms with Crippen LogP contribution in [0, 0.1) is 0 Å². The Morgan fingerprint density at radius 3 is 1.02 bits per heavy atom. The number of fused-ring (bicyclic) bond motifs is 7. The highest BCUT2D eigenvalue weighted by atomic mass is 16.7. The quantitative estimate of drug-likeness (QED) is 0.0171. The zero-order valence-corrected chi connectivity index (χ0v) is 56.9. The van der Waals surface area contributed by atoms with Gasteiger partial charge in [0.25, 0.3) is 0 Å². The maximum Gasteiger partial charge on any atom is 0.495 e. The van der Waals surface area contributed by atoms with Crippen LogP contribution in [0.15, 0.2) is 146 Å². The summed E-state index contributed by atoms with van der Waals surface area (Å²) < 4.78 is 75.4. The van der Waals surface area contributed by atoms with Crippen molar-refractivity contribution in [2.45, 2.75) is 62.3 Å². The zero-order valence-electron chi connectivity index (χ0n) is 56.9. The highest BCUT2D eigenvalue weighted by molar-refractivity contribution is 6.90. The van der Waals surface area contributed by atoms with Gasteiger partial charge in [-0.3, -0.25) is 0 Å². The fraction of sp³-hybridized carbons (Fsp3) is 0.373. The molecule has 0 spiro atoms. The summed E-state index contributed by atoms with van der Waals surface area (Å²) in [7, 11) is -5.25. The molecule has 7 aliphatic heterocycles. The van der Waals surface area contributed by atoms with Crippen LogP contribution in [0.25, 0.3) is 0 Å². The van der Waals surface area contributed by atoms with Gasteiger partial charge in [-0.05, 0) is 79.5 Å². The molecule has 7 heterocycles. The zero-order chi connectivity index (χ0) is 72.1. The number of aliphatic hydroxyl groups excluding tert-OH is 4. The first kappa shape index (κ1) is 77.9. The molecule has 27 nitrogen and oxygen atoms in total. The van der Waals surface area contributed by atoms with Crippen molar-refractivity contribution in [3.8, 4) is 23.0 Å². The van der Waals surface area contributed by atoms with Gasteiger partial charge in [-0.1, -0.05) is 121 Å². The molecule has 0 fully saturated rings. The third-order valence-electron chi connectivity index (χ3n) is 17.8. The van der Waals surface area contributed by atoms with Crippen LogP contribution in [0.2, 0.25) is 0 Å². The van der Waals surface area contributed by atoms with Gasteiger partial charge in [0.05, 0.1) is 63.1 Å². The Kier molecular flexibility index (Phi) is 29.7. The molecule has 7 aromatic rings. The van der Waals surface area contributed by atoms with E-state index >= 15 is 0 Å². The summed E-state index contributed by atoms with van der Waals surface area (Å²) in [6.07, 6.45) is 1.05. The van der Waals surface area contributed by atoms with Crippen molar-refractivity contribution >= 4 is 100 Å². The molecule has 6 unspecified atom stereocenters. The van der Waals surface area contributed by atoms with Crippen molar-refractivity contribution in [2.75, 3.05) is 98.6 Å². The predicted molar refractivity (Wildman–Crippen MR) is 393 cm³/mol. The van der Waals surface area contributed by atoms with Gasteiger partial charge >= 0.3 is 56.7 Å². The summed E-state index contributed by atoms with van der Waals surface area (Å²) in [4.78, 5) is 0. The minimum Gasteiger partial charge on any atom is -0.494 e. The maximum absolute atomic E-state index is 9.81. The topological polar surface area (TPSA) is 444 Å². The minimum absolute atomic E-state index is 0.0448. The second kappa shape index (κ2) is 38.9. The summed E-state index contributed by atoms with van der Waals surface area (Å²) in [5.74, 6) is 2.45. The second-order valence-electron chi connectivity index (χ2n) is 24.3. The largest absolute Gasteiger partial charge is 0.495 e. The normalized spacial score (nSPS) is 19.1. The van der Waals surface area contributed by atoms with E-state index in [9.17, 15) is 15.1 Å². The highest BCUT2D eigenvalue weighted by Gasteiger charge is 2.49. The summed E-state index contributed by atoms with van der Waals surface area (Å²) in [6.45, 7) is 3.73. The van der Waals surface area contributed by atoms with E-state index in [-0.39, 0.29) is 83.1 Å². The third-order valence-corrected chi connectivity index (χ3v) is 17.8. The SMILES string of the molecule is NCB1OB(OB2OC(CN)c3ccccc32)c2ccccc21.NCC1OB(O)c2c(OCCCO)cccc21.NCC1OB(O)c2c(OCCCO)cccc21.NCC1OB(O)c2ccccc21.NCC1OB(OB2OC(CN)c3cccc(OCCCO)c32)c2c(OCCCO)cccc21. The Balaban J connectivity index is 0.000000143. The second-order valence-corrected chi connectivity index (χ2v) is 24.3. The summed E-state index contributed by atoms with van der Waals surface area (Å²) in [6, 6.07) is 46.0. The Morgan fingerprint density at radius 1 is 0.304 bits per heavy atom. The number of benzene rings is 7. The van der Waals surface area contributed by atoms with Gasteiger partial charge < -0.3 is 136 Å². The van der Waals surface area contributed by atoms with Crippen molar-refractivity contribution in [3.05, 3.63) is 179 Å². The number of ether oxygens (including phenoxy) is 4. The van der Waals surface area contributed by atoms with Gasteiger partial charge in [-0.2, -0.15) is 0 Å². The van der Waals surface area contributed by atoms with Crippen molar-refractivity contribution in [2.24, 2.45) is 40.1 Å². The lowest BCUT2D eigenvalue weighted by molar-refractivity contribution is 0.169. The monoisotopic (exact) mass is 1400 g/mol. The molecule has 6 atom stereocenters. The van der Waals surface area contributed by atoms with E-state index < -0.39 is 49.8 Å². The molecule has 536 valence electrons. The van der Waals surface area contributed by atoms with Gasteiger partial charge in [-0.15, -0.1) is 0 Å². The minimum atomic E-state index is -0.983. The maximum atomic E-state index is 9.81. The molecule has 7 aliphatic rings. The van der Waals surface area contributed by atoms with E-state index in [4.69, 9.17) is 121 Å². The third kappa shape index (κ3) is 18.3. The van der Waals surface area contributed by atoms with E-state index in [0.717, 1.165) is 66.2 Å². The Morgan fingerprint density at radius 2 is 0.608 bits per heavy atom. The van der Waals surface area contributed by atoms with E-state index in [0.29, 0.717) is 119 Å². The Bertz CT molecular complexity index is 3580. The lowest BCUT2D eigenvalue weighted by atomic mass is 9.61. The first-order valence-corrected chi connectivity index (χ1v) is 34.5. The van der Waals surface area contributed by atoms with Gasteiger partial charge in [0.15, 0.2) is 0 Å². The molecule has 35 heteroatoms. The fourth-order valence-corrected chi connectivity index (χ4v) is 12.9. The molecule has 21 N–H and O–H groups in total. The van der Waals surface area contributed by atoms with E-state index in [1.54, 1.807) is 12.1 Å². The van der Waals surface area contributed by atoms with Crippen LogP contribution in [0.4, 0.5) is 0 Å². The van der Waals surface area contributed by atoms with Crippen LogP contribution in [0.3, 0.4) is 0 Å². The fourth-order valence-electron chi connectivity index (χ4n) is 12.9. The molecule has 0 saturated heterocycles. The summed E-state index contributed by atoms with van der Waals surface area (Å²) in [5.41, 5.74) is 52.6. The average molecular weight is 1400 g/mol. The standard InChI is InChI=1S/C22H30B2N2O7.C15H17B3N2O3.2C11H16BNO4.C8H10BNO2/c25-13-19-15-5-1-7-17(29-11-3-9-27)21(15)23(31-19)33-24-22-16(20(14-26)32-24)6-2-8-18(22)30-12-4-10-28;19-9-15-11-5-1-2-6-12(11)17(21-15)23-18-14-8-4-3-7-13(14)16(10-20)22-18;2*13-7-10-8-3-1-4-9(16-6-2-5-14)11(8)12(15)17-10;10-5-8-6-3-1-2-4-7(6)9(11)12-8/h1-2,5-8,19-20,27-28H,3-4,9-14,25-26H2;1-8,15H,9-10,19-20H2;2*1,3-4,10,14-15H,2,5-7,13H2;1-4,8,11H,5,10H2. The van der Waals surface area contributed by atoms with E-state index in [1.165, 1.54) is 0 Å². The van der Waals surface area contributed by atoms with Crippen molar-refractivity contribution in [1.82, 2.24) is 0 Å². The predicted octanol–water partition coefficient (Wildman–Crippen LogP) is -4.34. The molecule has 14 rings (SSSR count). The molecular weight excluding hydrogens is 1310 g/mol. The van der Waals surface area contributed by atoms with Crippen molar-refractivity contribution < 1.29 is 96.1 Å². The van der Waals surface area contributed by atoms with Crippen LogP contribution in [0.1, 0.15) is 95.7 Å². The molecule has 0 saturated carbocycles. The molecule has 0 radical (unpaired) electrons. The van der Waals surface area contributed by atoms with Crippen LogP contribution in [-0.4, -0.2) is 191 Å². The van der Waals surface area contributed by atoms with Gasteiger partial charge in [0, 0.05) is 120 Å².